The lowest BCUT2D eigenvalue weighted by molar-refractivity contribution is 0.108. The summed E-state index contributed by atoms with van der Waals surface area (Å²) in [5, 5.41) is 8.58. The molecule has 1 atom stereocenters. The predicted octanol–water partition coefficient (Wildman–Crippen LogP) is 0.651. The van der Waals surface area contributed by atoms with E-state index in [4.69, 9.17) is 9.84 Å². The minimum Gasteiger partial charge on any atom is -0.396 e. The van der Waals surface area contributed by atoms with Crippen LogP contribution in [0.3, 0.4) is 0 Å². The Hall–Kier alpha value is -0.0800. The van der Waals surface area contributed by atoms with E-state index in [1.165, 1.54) is 0 Å². The third-order valence-corrected chi connectivity index (χ3v) is 1.24. The molecule has 0 saturated heterocycles. The number of aliphatic hydroxyl groups excluding tert-OH is 1. The Labute approximate surface area is 50.5 Å². The number of aliphatic hydroxyl groups is 1. The fourth-order valence-electron chi connectivity index (χ4n) is 0.535. The third-order valence-electron chi connectivity index (χ3n) is 1.24. The van der Waals surface area contributed by atoms with Gasteiger partial charge in [-0.1, -0.05) is 6.92 Å². The molecule has 0 spiro atoms. The van der Waals surface area contributed by atoms with Crippen molar-refractivity contribution >= 4 is 0 Å². The van der Waals surface area contributed by atoms with E-state index in [2.05, 4.69) is 0 Å². The molecular weight excluding hydrogens is 104 g/mol. The lowest BCUT2D eigenvalue weighted by Crippen LogP contribution is -2.10. The molecule has 0 aromatic heterocycles. The normalized spacial score (nSPS) is 13.9. The Balaban J connectivity index is 3.07. The second kappa shape index (κ2) is 5.06. The molecular formula is C6H14O2. The molecule has 0 saturated carbocycles. The van der Waals surface area contributed by atoms with Crippen LogP contribution in [0, 0.1) is 5.92 Å². The van der Waals surface area contributed by atoms with Gasteiger partial charge < -0.3 is 9.84 Å². The molecule has 0 aromatic rings. The summed E-state index contributed by atoms with van der Waals surface area (Å²) in [6.07, 6.45) is 0.990. The lowest BCUT2D eigenvalue weighted by atomic mass is 10.1. The van der Waals surface area contributed by atoms with E-state index in [9.17, 15) is 0 Å². The van der Waals surface area contributed by atoms with Gasteiger partial charge in [-0.15, -0.1) is 0 Å². The van der Waals surface area contributed by atoms with Crippen LogP contribution in [0.5, 0.6) is 0 Å². The molecule has 0 amide bonds. The highest BCUT2D eigenvalue weighted by Crippen LogP contribution is 1.99. The van der Waals surface area contributed by atoms with Crippen LogP contribution < -0.4 is 0 Å². The molecule has 0 heterocycles. The van der Waals surface area contributed by atoms with Crippen molar-refractivity contribution in [1.29, 1.82) is 0 Å². The molecule has 0 radical (unpaired) electrons. The Morgan fingerprint density at radius 1 is 1.62 bits per heavy atom. The van der Waals surface area contributed by atoms with Gasteiger partial charge in [0.1, 0.15) is 0 Å². The molecule has 0 aliphatic rings. The second-order valence-electron chi connectivity index (χ2n) is 1.91. The molecule has 0 fully saturated rings. The van der Waals surface area contributed by atoms with Crippen LogP contribution in [-0.2, 0) is 4.74 Å². The first-order valence-corrected chi connectivity index (χ1v) is 2.95. The Morgan fingerprint density at radius 2 is 2.25 bits per heavy atom. The van der Waals surface area contributed by atoms with E-state index in [0.717, 1.165) is 6.42 Å². The maximum absolute atomic E-state index is 8.58. The van der Waals surface area contributed by atoms with Crippen molar-refractivity contribution in [2.45, 2.75) is 13.3 Å². The smallest absolute Gasteiger partial charge is 0.0512 e. The fraction of sp³-hybridized carbons (Fsp3) is 1.00. The largest absolute Gasteiger partial charge is 0.396 e. The van der Waals surface area contributed by atoms with Crippen molar-refractivity contribution in [3.63, 3.8) is 0 Å². The van der Waals surface area contributed by atoms with Crippen LogP contribution in [0.4, 0.5) is 0 Å². The van der Waals surface area contributed by atoms with Gasteiger partial charge in [0, 0.05) is 19.6 Å². The van der Waals surface area contributed by atoms with E-state index in [0.29, 0.717) is 12.5 Å². The third kappa shape index (κ3) is 2.99. The Kier molecular flexibility index (Phi) is 5.01. The molecule has 50 valence electrons. The van der Waals surface area contributed by atoms with Gasteiger partial charge in [-0.3, -0.25) is 0 Å². The lowest BCUT2D eigenvalue weighted by Gasteiger charge is -2.07. The summed E-state index contributed by atoms with van der Waals surface area (Å²) in [5.74, 6) is 0.333. The molecule has 0 aromatic carbocycles. The topological polar surface area (TPSA) is 29.5 Å². The summed E-state index contributed by atoms with van der Waals surface area (Å²) < 4.78 is 4.83. The first-order valence-electron chi connectivity index (χ1n) is 2.95. The van der Waals surface area contributed by atoms with Crippen molar-refractivity contribution in [2.75, 3.05) is 20.3 Å². The molecule has 2 heteroatoms. The zero-order valence-corrected chi connectivity index (χ0v) is 5.55. The fourth-order valence-corrected chi connectivity index (χ4v) is 0.535. The maximum Gasteiger partial charge on any atom is 0.0512 e. The number of hydrogen-bond acceptors (Lipinski definition) is 2. The molecule has 1 unspecified atom stereocenters. The summed E-state index contributed by atoms with van der Waals surface area (Å²) in [7, 11) is 1.65. The first kappa shape index (κ1) is 7.92. The van der Waals surface area contributed by atoms with Crippen LogP contribution in [0.25, 0.3) is 0 Å². The summed E-state index contributed by atoms with van der Waals surface area (Å²) in [5.41, 5.74) is 0. The van der Waals surface area contributed by atoms with Crippen molar-refractivity contribution in [3.05, 3.63) is 0 Å². The second-order valence-corrected chi connectivity index (χ2v) is 1.91. The highest BCUT2D eigenvalue weighted by atomic mass is 16.5. The highest BCUT2D eigenvalue weighted by molar-refractivity contribution is 4.50. The zero-order chi connectivity index (χ0) is 6.41. The molecule has 0 aliphatic carbocycles. The number of rotatable bonds is 4. The quantitative estimate of drug-likeness (QED) is 0.587. The molecule has 0 aliphatic heterocycles. The zero-order valence-electron chi connectivity index (χ0n) is 5.55. The minimum atomic E-state index is 0.240. The Morgan fingerprint density at radius 3 is 2.38 bits per heavy atom. The summed E-state index contributed by atoms with van der Waals surface area (Å²) in [4.78, 5) is 0. The van der Waals surface area contributed by atoms with Crippen LogP contribution in [-0.4, -0.2) is 25.4 Å². The number of ether oxygens (including phenoxy) is 1. The van der Waals surface area contributed by atoms with Crippen molar-refractivity contribution < 1.29 is 9.84 Å². The summed E-state index contributed by atoms with van der Waals surface area (Å²) >= 11 is 0. The minimum absolute atomic E-state index is 0.240. The van der Waals surface area contributed by atoms with Gasteiger partial charge in [-0.05, 0) is 6.42 Å². The van der Waals surface area contributed by atoms with Crippen LogP contribution in [0.2, 0.25) is 0 Å². The van der Waals surface area contributed by atoms with Gasteiger partial charge in [0.2, 0.25) is 0 Å². The average Bonchev–Trinajstić information content (AvgIpc) is 1.83. The van der Waals surface area contributed by atoms with Gasteiger partial charge >= 0.3 is 0 Å². The predicted molar refractivity (Wildman–Crippen MR) is 32.7 cm³/mol. The molecule has 0 bridgehead atoms. The van der Waals surface area contributed by atoms with Crippen molar-refractivity contribution in [3.8, 4) is 0 Å². The SMILES string of the molecule is CCC(CO)COC. The van der Waals surface area contributed by atoms with Crippen molar-refractivity contribution in [2.24, 2.45) is 5.92 Å². The van der Waals surface area contributed by atoms with E-state index < -0.39 is 0 Å². The summed E-state index contributed by atoms with van der Waals surface area (Å²) in [6.45, 7) is 2.96. The molecule has 1 N–H and O–H groups in total. The van der Waals surface area contributed by atoms with E-state index >= 15 is 0 Å². The first-order chi connectivity index (χ1) is 3.85. The highest BCUT2D eigenvalue weighted by Gasteiger charge is 2.00. The standard InChI is InChI=1S/C6H14O2/c1-3-6(4-7)5-8-2/h6-7H,3-5H2,1-2H3. The van der Waals surface area contributed by atoms with E-state index in [1.807, 2.05) is 6.92 Å². The van der Waals surface area contributed by atoms with Crippen LogP contribution >= 0.6 is 0 Å². The van der Waals surface area contributed by atoms with E-state index in [-0.39, 0.29) is 6.61 Å². The number of methoxy groups -OCH3 is 1. The monoisotopic (exact) mass is 118 g/mol. The van der Waals surface area contributed by atoms with Crippen LogP contribution in [0.15, 0.2) is 0 Å². The van der Waals surface area contributed by atoms with Gasteiger partial charge in [-0.25, -0.2) is 0 Å². The van der Waals surface area contributed by atoms with Crippen LogP contribution in [0.1, 0.15) is 13.3 Å². The molecule has 8 heavy (non-hydrogen) atoms. The van der Waals surface area contributed by atoms with Crippen molar-refractivity contribution in [1.82, 2.24) is 0 Å². The molecule has 2 nitrogen and oxygen atoms in total. The van der Waals surface area contributed by atoms with Gasteiger partial charge in [0.25, 0.3) is 0 Å². The van der Waals surface area contributed by atoms with Gasteiger partial charge in [0.15, 0.2) is 0 Å². The number of hydrogen-bond donors (Lipinski definition) is 1. The summed E-state index contributed by atoms with van der Waals surface area (Å²) in [6, 6.07) is 0. The maximum atomic E-state index is 8.58. The average molecular weight is 118 g/mol. The van der Waals surface area contributed by atoms with Gasteiger partial charge in [0.05, 0.1) is 6.61 Å². The van der Waals surface area contributed by atoms with Gasteiger partial charge in [-0.2, -0.15) is 0 Å². The van der Waals surface area contributed by atoms with E-state index in [1.54, 1.807) is 7.11 Å². The Bertz CT molecular complexity index is 41.8. The molecule has 0 rings (SSSR count).